The average Bonchev–Trinajstić information content (AvgIpc) is 2.02. The molecule has 7 heteroatoms. The summed E-state index contributed by atoms with van der Waals surface area (Å²) in [4.78, 5) is 22.0. The number of carboxylic acids is 1. The molecule has 0 aliphatic carbocycles. The topological polar surface area (TPSA) is 69.6 Å². The molecule has 0 aromatic rings. The number of carboxylic acid groups (broad SMARTS) is 1. The van der Waals surface area contributed by atoms with Crippen molar-refractivity contribution in [2.45, 2.75) is 5.92 Å². The van der Waals surface area contributed by atoms with Crippen LogP contribution in [0.2, 0.25) is 0 Å². The summed E-state index contributed by atoms with van der Waals surface area (Å²) >= 11 is 0. The van der Waals surface area contributed by atoms with E-state index in [1.165, 1.54) is 0 Å². The van der Waals surface area contributed by atoms with Gasteiger partial charge in [0.2, 0.25) is 5.91 Å². The van der Waals surface area contributed by atoms with Crippen LogP contribution in [0, 0.1) is 0 Å². The zero-order valence-corrected chi connectivity index (χ0v) is 7.30. The van der Waals surface area contributed by atoms with E-state index >= 15 is 0 Å². The molecule has 14 heavy (non-hydrogen) atoms. The van der Waals surface area contributed by atoms with Gasteiger partial charge in [-0.15, -0.1) is 0 Å². The SMILES string of the molecule is O=C1CN(CC(F)(F)C(=O)O)CCN1. The van der Waals surface area contributed by atoms with Gasteiger partial charge in [-0.05, 0) is 0 Å². The van der Waals surface area contributed by atoms with Crippen molar-refractivity contribution in [3.63, 3.8) is 0 Å². The van der Waals surface area contributed by atoms with Crippen molar-refractivity contribution in [1.82, 2.24) is 10.2 Å². The monoisotopic (exact) mass is 208 g/mol. The predicted molar refractivity (Wildman–Crippen MR) is 42.0 cm³/mol. The molecule has 0 radical (unpaired) electrons. The summed E-state index contributed by atoms with van der Waals surface area (Å²) in [5.74, 6) is -6.32. The maximum atomic E-state index is 12.7. The average molecular weight is 208 g/mol. The fraction of sp³-hybridized carbons (Fsp3) is 0.714. The molecule has 1 amide bonds. The van der Waals surface area contributed by atoms with Gasteiger partial charge < -0.3 is 10.4 Å². The van der Waals surface area contributed by atoms with Crippen LogP contribution in [0.4, 0.5) is 8.78 Å². The van der Waals surface area contributed by atoms with Crippen molar-refractivity contribution < 1.29 is 23.5 Å². The van der Waals surface area contributed by atoms with Crippen molar-refractivity contribution in [1.29, 1.82) is 0 Å². The number of halogens is 2. The van der Waals surface area contributed by atoms with Gasteiger partial charge in [-0.2, -0.15) is 8.78 Å². The van der Waals surface area contributed by atoms with E-state index in [0.29, 0.717) is 0 Å². The Morgan fingerprint density at radius 3 is 2.79 bits per heavy atom. The molecular formula is C7H10F2N2O3. The molecule has 1 aliphatic heterocycles. The van der Waals surface area contributed by atoms with Crippen LogP contribution in [0.15, 0.2) is 0 Å². The highest BCUT2D eigenvalue weighted by Gasteiger charge is 2.41. The van der Waals surface area contributed by atoms with Crippen molar-refractivity contribution in [3.05, 3.63) is 0 Å². The molecule has 0 saturated carbocycles. The number of hydrogen-bond acceptors (Lipinski definition) is 3. The number of hydrogen-bond donors (Lipinski definition) is 2. The molecule has 0 bridgehead atoms. The van der Waals surface area contributed by atoms with Gasteiger partial charge in [-0.25, -0.2) is 4.79 Å². The molecule has 2 N–H and O–H groups in total. The fourth-order valence-electron chi connectivity index (χ4n) is 1.17. The Labute approximate surface area is 78.7 Å². The van der Waals surface area contributed by atoms with Crippen LogP contribution in [0.3, 0.4) is 0 Å². The van der Waals surface area contributed by atoms with Crippen LogP contribution in [-0.2, 0) is 9.59 Å². The number of amides is 1. The zero-order chi connectivity index (χ0) is 10.8. The Hall–Kier alpha value is -1.24. The molecule has 0 aromatic heterocycles. The van der Waals surface area contributed by atoms with Crippen LogP contribution >= 0.6 is 0 Å². The van der Waals surface area contributed by atoms with Gasteiger partial charge in [-0.3, -0.25) is 9.69 Å². The first-order valence-corrected chi connectivity index (χ1v) is 4.02. The summed E-state index contributed by atoms with van der Waals surface area (Å²) in [5.41, 5.74) is 0. The van der Waals surface area contributed by atoms with E-state index in [-0.39, 0.29) is 25.5 Å². The minimum Gasteiger partial charge on any atom is -0.477 e. The summed E-state index contributed by atoms with van der Waals surface area (Å²) in [6, 6.07) is 0. The lowest BCUT2D eigenvalue weighted by Gasteiger charge is -2.28. The number of aliphatic carboxylic acids is 1. The third kappa shape index (κ3) is 2.63. The van der Waals surface area contributed by atoms with Crippen molar-refractivity contribution in [2.24, 2.45) is 0 Å². The van der Waals surface area contributed by atoms with Crippen LogP contribution in [0.25, 0.3) is 0 Å². The number of alkyl halides is 2. The molecule has 1 fully saturated rings. The van der Waals surface area contributed by atoms with Gasteiger partial charge in [0.05, 0.1) is 13.1 Å². The standard InChI is InChI=1S/C7H10F2N2O3/c8-7(9,6(13)14)4-11-2-1-10-5(12)3-11/h1-4H2,(H,10,12)(H,13,14). The molecule has 1 saturated heterocycles. The van der Waals surface area contributed by atoms with E-state index < -0.39 is 18.4 Å². The molecule has 1 rings (SSSR count). The van der Waals surface area contributed by atoms with E-state index in [4.69, 9.17) is 5.11 Å². The summed E-state index contributed by atoms with van der Waals surface area (Å²) < 4.78 is 25.4. The second-order valence-corrected chi connectivity index (χ2v) is 3.07. The molecule has 5 nitrogen and oxygen atoms in total. The van der Waals surface area contributed by atoms with Gasteiger partial charge in [0.15, 0.2) is 0 Å². The third-order valence-corrected chi connectivity index (χ3v) is 1.85. The Balaban J connectivity index is 2.51. The van der Waals surface area contributed by atoms with Gasteiger partial charge >= 0.3 is 11.9 Å². The van der Waals surface area contributed by atoms with E-state index in [9.17, 15) is 18.4 Å². The summed E-state index contributed by atoms with van der Waals surface area (Å²) in [5, 5.41) is 10.6. The molecule has 0 spiro atoms. The van der Waals surface area contributed by atoms with Crippen molar-refractivity contribution in [3.8, 4) is 0 Å². The largest absolute Gasteiger partial charge is 0.477 e. The number of nitrogens with zero attached hydrogens (tertiary/aromatic N) is 1. The highest BCUT2D eigenvalue weighted by molar-refractivity contribution is 5.79. The summed E-state index contributed by atoms with van der Waals surface area (Å²) in [6.07, 6.45) is 0. The Morgan fingerprint density at radius 2 is 2.29 bits per heavy atom. The molecule has 1 aliphatic rings. The number of carbonyl (C=O) groups is 2. The minimum absolute atomic E-state index is 0.178. The number of piperazine rings is 1. The zero-order valence-electron chi connectivity index (χ0n) is 7.30. The first-order valence-electron chi connectivity index (χ1n) is 4.02. The molecular weight excluding hydrogens is 198 g/mol. The van der Waals surface area contributed by atoms with E-state index in [1.54, 1.807) is 0 Å². The normalized spacial score (nSPS) is 19.1. The Kier molecular flexibility index (Phi) is 3.00. The van der Waals surface area contributed by atoms with Gasteiger partial charge in [-0.1, -0.05) is 0 Å². The van der Waals surface area contributed by atoms with Crippen LogP contribution in [-0.4, -0.2) is 54.0 Å². The second-order valence-electron chi connectivity index (χ2n) is 3.07. The summed E-state index contributed by atoms with van der Waals surface area (Å²) in [7, 11) is 0. The summed E-state index contributed by atoms with van der Waals surface area (Å²) in [6.45, 7) is -0.582. The lowest BCUT2D eigenvalue weighted by atomic mass is 10.2. The van der Waals surface area contributed by atoms with Crippen LogP contribution in [0.5, 0.6) is 0 Å². The maximum Gasteiger partial charge on any atom is 0.375 e. The minimum atomic E-state index is -3.79. The van der Waals surface area contributed by atoms with Gasteiger partial charge in [0, 0.05) is 13.1 Å². The van der Waals surface area contributed by atoms with E-state index in [1.807, 2.05) is 0 Å². The lowest BCUT2D eigenvalue weighted by Crippen LogP contribution is -2.52. The number of carbonyl (C=O) groups excluding carboxylic acids is 1. The van der Waals surface area contributed by atoms with Gasteiger partial charge in [0.1, 0.15) is 0 Å². The Morgan fingerprint density at radius 1 is 1.64 bits per heavy atom. The van der Waals surface area contributed by atoms with Crippen molar-refractivity contribution >= 4 is 11.9 Å². The predicted octanol–water partition coefficient (Wildman–Crippen LogP) is -0.862. The number of rotatable bonds is 3. The molecule has 80 valence electrons. The first-order chi connectivity index (χ1) is 6.42. The molecule has 0 unspecified atom stereocenters. The van der Waals surface area contributed by atoms with Gasteiger partial charge in [0.25, 0.3) is 0 Å². The lowest BCUT2D eigenvalue weighted by molar-refractivity contribution is -0.168. The Bertz CT molecular complexity index is 257. The molecule has 0 aromatic carbocycles. The second kappa shape index (κ2) is 3.87. The van der Waals surface area contributed by atoms with E-state index in [0.717, 1.165) is 4.90 Å². The molecule has 0 atom stereocenters. The fourth-order valence-corrected chi connectivity index (χ4v) is 1.17. The van der Waals surface area contributed by atoms with E-state index in [2.05, 4.69) is 5.32 Å². The number of nitrogens with one attached hydrogen (secondary N) is 1. The highest BCUT2D eigenvalue weighted by atomic mass is 19.3. The van der Waals surface area contributed by atoms with Crippen LogP contribution < -0.4 is 5.32 Å². The van der Waals surface area contributed by atoms with Crippen molar-refractivity contribution in [2.75, 3.05) is 26.2 Å². The van der Waals surface area contributed by atoms with Crippen LogP contribution in [0.1, 0.15) is 0 Å². The highest BCUT2D eigenvalue weighted by Crippen LogP contribution is 2.15. The molecule has 1 heterocycles. The smallest absolute Gasteiger partial charge is 0.375 e. The first kappa shape index (κ1) is 10.8. The third-order valence-electron chi connectivity index (χ3n) is 1.85. The quantitative estimate of drug-likeness (QED) is 0.633. The maximum absolute atomic E-state index is 12.7.